The minimum absolute atomic E-state index is 0.0700. The minimum atomic E-state index is -0.578. The Kier molecular flexibility index (Phi) is 5.27. The number of benzene rings is 1. The molecule has 0 atom stereocenters. The van der Waals surface area contributed by atoms with Crippen LogP contribution in [0.2, 0.25) is 0 Å². The number of hydrogen-bond acceptors (Lipinski definition) is 4. The van der Waals surface area contributed by atoms with Gasteiger partial charge in [-0.3, -0.25) is 9.59 Å². The van der Waals surface area contributed by atoms with Crippen molar-refractivity contribution in [2.45, 2.75) is 12.8 Å². The zero-order valence-electron chi connectivity index (χ0n) is 11.9. The van der Waals surface area contributed by atoms with Crippen LogP contribution < -0.4 is 15.4 Å². The quantitative estimate of drug-likeness (QED) is 0.740. The van der Waals surface area contributed by atoms with Gasteiger partial charge in [-0.2, -0.15) is 0 Å². The van der Waals surface area contributed by atoms with Crippen LogP contribution in [0, 0.1) is 11.7 Å². The molecule has 2 rings (SSSR count). The summed E-state index contributed by atoms with van der Waals surface area (Å²) in [5.74, 6) is -0.398. The van der Waals surface area contributed by atoms with Gasteiger partial charge in [-0.15, -0.1) is 0 Å². The van der Waals surface area contributed by atoms with Gasteiger partial charge in [0.05, 0.1) is 7.11 Å². The number of ketones is 1. The highest BCUT2D eigenvalue weighted by Gasteiger charge is 2.17. The molecule has 0 spiro atoms. The largest absolute Gasteiger partial charge is 0.494 e. The monoisotopic (exact) mass is 294 g/mol. The molecule has 0 unspecified atom stereocenters. The smallest absolute Gasteiger partial charge is 0.220 e. The van der Waals surface area contributed by atoms with Crippen molar-refractivity contribution in [2.75, 3.05) is 26.7 Å². The van der Waals surface area contributed by atoms with E-state index in [2.05, 4.69) is 10.6 Å². The number of Topliss-reactive ketones (excluding diaryl/α,β-unsaturated/α-hetero) is 1. The van der Waals surface area contributed by atoms with Crippen molar-refractivity contribution in [3.8, 4) is 5.75 Å². The fraction of sp³-hybridized carbons (Fsp3) is 0.467. The molecule has 1 aromatic rings. The zero-order valence-corrected chi connectivity index (χ0v) is 11.9. The van der Waals surface area contributed by atoms with Gasteiger partial charge in [0.1, 0.15) is 0 Å². The molecule has 1 aliphatic heterocycles. The maximum atomic E-state index is 13.5. The molecule has 1 amide bonds. The summed E-state index contributed by atoms with van der Waals surface area (Å²) in [5.41, 5.74) is 0.254. The van der Waals surface area contributed by atoms with E-state index in [4.69, 9.17) is 4.74 Å². The summed E-state index contributed by atoms with van der Waals surface area (Å²) in [6.07, 6.45) is 0.188. The van der Waals surface area contributed by atoms with Crippen LogP contribution in [0.3, 0.4) is 0 Å². The van der Waals surface area contributed by atoms with Gasteiger partial charge < -0.3 is 15.4 Å². The molecule has 5 nitrogen and oxygen atoms in total. The summed E-state index contributed by atoms with van der Waals surface area (Å²) in [4.78, 5) is 23.5. The molecule has 0 bridgehead atoms. The predicted octanol–water partition coefficient (Wildman–Crippen LogP) is 1.13. The third kappa shape index (κ3) is 4.26. The van der Waals surface area contributed by atoms with E-state index in [0.29, 0.717) is 12.5 Å². The average molecular weight is 294 g/mol. The maximum absolute atomic E-state index is 13.5. The number of hydrogen-bond donors (Lipinski definition) is 2. The molecule has 0 saturated carbocycles. The van der Waals surface area contributed by atoms with Crippen molar-refractivity contribution in [3.63, 3.8) is 0 Å². The van der Waals surface area contributed by atoms with Gasteiger partial charge in [-0.25, -0.2) is 4.39 Å². The van der Waals surface area contributed by atoms with E-state index in [1.54, 1.807) is 0 Å². The molecule has 1 aromatic carbocycles. The van der Waals surface area contributed by atoms with Gasteiger partial charge in [-0.1, -0.05) is 0 Å². The van der Waals surface area contributed by atoms with Crippen LogP contribution in [0.4, 0.5) is 4.39 Å². The summed E-state index contributed by atoms with van der Waals surface area (Å²) in [6.45, 7) is 2.48. The zero-order chi connectivity index (χ0) is 15.2. The number of ether oxygens (including phenoxy) is 1. The highest BCUT2D eigenvalue weighted by Crippen LogP contribution is 2.18. The Morgan fingerprint density at radius 1 is 1.38 bits per heavy atom. The third-order valence-corrected chi connectivity index (χ3v) is 3.51. The second-order valence-corrected chi connectivity index (χ2v) is 5.10. The van der Waals surface area contributed by atoms with Crippen molar-refractivity contribution in [2.24, 2.45) is 5.92 Å². The first-order valence-electron chi connectivity index (χ1n) is 6.94. The number of amides is 1. The maximum Gasteiger partial charge on any atom is 0.220 e. The van der Waals surface area contributed by atoms with Gasteiger partial charge >= 0.3 is 0 Å². The molecule has 2 N–H and O–H groups in total. The lowest BCUT2D eigenvalue weighted by Gasteiger charge is -2.27. The summed E-state index contributed by atoms with van der Waals surface area (Å²) >= 11 is 0. The second kappa shape index (κ2) is 7.17. The molecule has 21 heavy (non-hydrogen) atoms. The minimum Gasteiger partial charge on any atom is -0.494 e. The molecule has 114 valence electrons. The van der Waals surface area contributed by atoms with Gasteiger partial charge in [0.2, 0.25) is 5.91 Å². The first-order valence-corrected chi connectivity index (χ1v) is 6.94. The van der Waals surface area contributed by atoms with E-state index in [9.17, 15) is 14.0 Å². The summed E-state index contributed by atoms with van der Waals surface area (Å²) in [7, 11) is 1.36. The van der Waals surface area contributed by atoms with Gasteiger partial charge in [0.25, 0.3) is 0 Å². The van der Waals surface area contributed by atoms with Gasteiger partial charge in [-0.05, 0) is 18.2 Å². The van der Waals surface area contributed by atoms with Crippen LogP contribution in [-0.2, 0) is 4.79 Å². The van der Waals surface area contributed by atoms with E-state index in [0.717, 1.165) is 19.2 Å². The van der Waals surface area contributed by atoms with Crippen LogP contribution in [0.15, 0.2) is 18.2 Å². The molecular formula is C15H19FN2O3. The number of rotatable bonds is 7. The highest BCUT2D eigenvalue weighted by molar-refractivity contribution is 5.98. The Hall–Kier alpha value is -1.95. The molecule has 1 heterocycles. The average Bonchev–Trinajstić information content (AvgIpc) is 2.43. The molecule has 1 fully saturated rings. The fourth-order valence-electron chi connectivity index (χ4n) is 2.05. The fourth-order valence-corrected chi connectivity index (χ4v) is 2.05. The van der Waals surface area contributed by atoms with E-state index in [-0.39, 0.29) is 35.8 Å². The Labute approximate surface area is 122 Å². The van der Waals surface area contributed by atoms with Crippen LogP contribution in [0.1, 0.15) is 23.2 Å². The first kappa shape index (κ1) is 15.4. The molecular weight excluding hydrogens is 275 g/mol. The summed E-state index contributed by atoms with van der Waals surface area (Å²) in [6, 6.07) is 4.05. The highest BCUT2D eigenvalue weighted by atomic mass is 19.1. The van der Waals surface area contributed by atoms with E-state index in [1.165, 1.54) is 19.2 Å². The van der Waals surface area contributed by atoms with Crippen molar-refractivity contribution in [3.05, 3.63) is 29.6 Å². The summed E-state index contributed by atoms with van der Waals surface area (Å²) in [5, 5.41) is 5.92. The van der Waals surface area contributed by atoms with Crippen molar-refractivity contribution in [1.29, 1.82) is 0 Å². The molecule has 6 heteroatoms. The molecule has 0 aromatic heterocycles. The number of carbonyl (C=O) groups is 2. The van der Waals surface area contributed by atoms with Crippen LogP contribution in [-0.4, -0.2) is 38.4 Å². The second-order valence-electron chi connectivity index (χ2n) is 5.10. The van der Waals surface area contributed by atoms with E-state index in [1.807, 2.05) is 0 Å². The molecule has 1 saturated heterocycles. The van der Waals surface area contributed by atoms with Gasteiger partial charge in [0.15, 0.2) is 17.3 Å². The lowest BCUT2D eigenvalue weighted by Crippen LogP contribution is -2.48. The number of nitrogens with one attached hydrogen (secondary N) is 2. The van der Waals surface area contributed by atoms with Crippen molar-refractivity contribution >= 4 is 11.7 Å². The molecule has 0 aliphatic carbocycles. The Balaban J connectivity index is 1.77. The van der Waals surface area contributed by atoms with Crippen molar-refractivity contribution < 1.29 is 18.7 Å². The van der Waals surface area contributed by atoms with Crippen molar-refractivity contribution in [1.82, 2.24) is 10.6 Å². The number of methoxy groups -OCH3 is 1. The predicted molar refractivity (Wildman–Crippen MR) is 75.9 cm³/mol. The standard InChI is InChI=1S/C15H19FN2O3/c1-21-14-4-2-11(6-12(14)16)13(19)3-5-15(20)18-9-10-7-17-8-10/h2,4,6,10,17H,3,5,7-9H2,1H3,(H,18,20). The number of carbonyl (C=O) groups excluding carboxylic acids is 2. The lowest BCUT2D eigenvalue weighted by atomic mass is 10.0. The lowest BCUT2D eigenvalue weighted by molar-refractivity contribution is -0.121. The van der Waals surface area contributed by atoms with Crippen LogP contribution in [0.25, 0.3) is 0 Å². The normalized spacial score (nSPS) is 14.4. The third-order valence-electron chi connectivity index (χ3n) is 3.51. The van der Waals surface area contributed by atoms with E-state index >= 15 is 0 Å². The summed E-state index contributed by atoms with van der Waals surface area (Å²) < 4.78 is 18.3. The Morgan fingerprint density at radius 3 is 2.71 bits per heavy atom. The molecule has 0 radical (unpaired) electrons. The first-order chi connectivity index (χ1) is 10.1. The Morgan fingerprint density at radius 2 is 2.14 bits per heavy atom. The topological polar surface area (TPSA) is 67.4 Å². The van der Waals surface area contributed by atoms with Crippen LogP contribution >= 0.6 is 0 Å². The molecule has 1 aliphatic rings. The number of halogens is 1. The SMILES string of the molecule is COc1ccc(C(=O)CCC(=O)NCC2CNC2)cc1F. The Bertz CT molecular complexity index is 530. The van der Waals surface area contributed by atoms with Crippen LogP contribution in [0.5, 0.6) is 5.75 Å². The van der Waals surface area contributed by atoms with E-state index < -0.39 is 5.82 Å². The van der Waals surface area contributed by atoms with Gasteiger partial charge in [0, 0.05) is 44.0 Å².